The van der Waals surface area contributed by atoms with Gasteiger partial charge in [-0.25, -0.2) is 0 Å². The Kier molecular flexibility index (Phi) is 6.17. The number of halogens is 2. The number of hydrogen-bond donors (Lipinski definition) is 0. The lowest BCUT2D eigenvalue weighted by Gasteiger charge is -2.12. The molecule has 0 aromatic heterocycles. The Bertz CT molecular complexity index is 736. The Labute approximate surface area is 150 Å². The molecule has 2 aromatic rings. The molecule has 126 valence electrons. The van der Waals surface area contributed by atoms with Crippen LogP contribution in [0.5, 0.6) is 5.75 Å². The van der Waals surface area contributed by atoms with Crippen molar-refractivity contribution in [2.24, 2.45) is 10.9 Å². The van der Waals surface area contributed by atoms with E-state index in [4.69, 9.17) is 27.9 Å². The van der Waals surface area contributed by atoms with Gasteiger partial charge in [0.25, 0.3) is 5.69 Å². The van der Waals surface area contributed by atoms with Crippen molar-refractivity contribution < 1.29 is 9.66 Å². The average Bonchev–Trinajstić information content (AvgIpc) is 2.52. The number of aliphatic imine (C=N–C) groups is 1. The van der Waals surface area contributed by atoms with Crippen molar-refractivity contribution in [1.29, 1.82) is 0 Å². The van der Waals surface area contributed by atoms with Crippen LogP contribution in [0.2, 0.25) is 10.0 Å². The smallest absolute Gasteiger partial charge is 0.269 e. The highest BCUT2D eigenvalue weighted by Gasteiger charge is 2.10. The molecule has 0 unspecified atom stereocenters. The maximum absolute atomic E-state index is 10.6. The van der Waals surface area contributed by atoms with E-state index in [1.807, 2.05) is 13.8 Å². The molecule has 0 saturated heterocycles. The molecule has 0 aliphatic rings. The zero-order valence-electron chi connectivity index (χ0n) is 13.2. The minimum absolute atomic E-state index is 0.0201. The lowest BCUT2D eigenvalue weighted by Crippen LogP contribution is -2.05. The van der Waals surface area contributed by atoms with E-state index in [0.29, 0.717) is 39.6 Å². The summed E-state index contributed by atoms with van der Waals surface area (Å²) in [6.07, 6.45) is 1.59. The van der Waals surface area contributed by atoms with Gasteiger partial charge in [0.15, 0.2) is 5.75 Å². The highest BCUT2D eigenvalue weighted by atomic mass is 35.5. The second-order valence-corrected chi connectivity index (χ2v) is 6.36. The number of non-ortho nitro benzene ring substituents is 1. The molecule has 0 atom stereocenters. The lowest BCUT2D eigenvalue weighted by atomic mass is 10.2. The van der Waals surface area contributed by atoms with E-state index in [9.17, 15) is 10.1 Å². The third-order valence-electron chi connectivity index (χ3n) is 3.00. The van der Waals surface area contributed by atoms with Crippen LogP contribution in [-0.4, -0.2) is 17.7 Å². The number of benzene rings is 2. The Morgan fingerprint density at radius 1 is 1.21 bits per heavy atom. The summed E-state index contributed by atoms with van der Waals surface area (Å²) in [6, 6.07) is 9.34. The second kappa shape index (κ2) is 8.13. The van der Waals surface area contributed by atoms with Crippen LogP contribution in [0.15, 0.2) is 41.4 Å². The largest absolute Gasteiger partial charge is 0.490 e. The Hall–Kier alpha value is -2.11. The molecule has 0 fully saturated rings. The first-order valence-corrected chi connectivity index (χ1v) is 8.02. The van der Waals surface area contributed by atoms with Gasteiger partial charge in [-0.2, -0.15) is 0 Å². The van der Waals surface area contributed by atoms with E-state index < -0.39 is 4.92 Å². The van der Waals surface area contributed by atoms with Crippen molar-refractivity contribution in [3.63, 3.8) is 0 Å². The molecule has 2 aromatic carbocycles. The van der Waals surface area contributed by atoms with Crippen LogP contribution in [0.4, 0.5) is 11.4 Å². The van der Waals surface area contributed by atoms with Crippen LogP contribution in [0.25, 0.3) is 0 Å². The van der Waals surface area contributed by atoms with E-state index in [1.165, 1.54) is 12.1 Å². The summed E-state index contributed by atoms with van der Waals surface area (Å²) in [5.74, 6) is 0.819. The molecule has 0 radical (unpaired) electrons. The normalized spacial score (nSPS) is 11.2. The van der Waals surface area contributed by atoms with Crippen LogP contribution in [0.3, 0.4) is 0 Å². The number of rotatable bonds is 6. The fraction of sp³-hybridized carbons (Fsp3) is 0.235. The zero-order valence-corrected chi connectivity index (χ0v) is 14.7. The summed E-state index contributed by atoms with van der Waals surface area (Å²) in [4.78, 5) is 14.4. The SMILES string of the molecule is CC(C)COc1c(Cl)cc(C=Nc2ccc([N+](=O)[O-])cc2)cc1Cl. The fourth-order valence-corrected chi connectivity index (χ4v) is 2.46. The molecule has 0 aliphatic heterocycles. The molecule has 7 heteroatoms. The minimum Gasteiger partial charge on any atom is -0.490 e. The first-order valence-electron chi connectivity index (χ1n) is 7.27. The topological polar surface area (TPSA) is 64.7 Å². The van der Waals surface area contributed by atoms with Crippen LogP contribution >= 0.6 is 23.2 Å². The molecule has 0 amide bonds. The van der Waals surface area contributed by atoms with Crippen molar-refractivity contribution >= 4 is 40.8 Å². The van der Waals surface area contributed by atoms with Gasteiger partial charge in [0.05, 0.1) is 27.3 Å². The van der Waals surface area contributed by atoms with Crippen LogP contribution in [-0.2, 0) is 0 Å². The van der Waals surface area contributed by atoms with Crippen LogP contribution < -0.4 is 4.74 Å². The monoisotopic (exact) mass is 366 g/mol. The summed E-state index contributed by atoms with van der Waals surface area (Å²) in [6.45, 7) is 4.59. The maximum atomic E-state index is 10.6. The minimum atomic E-state index is -0.455. The number of nitro benzene ring substituents is 1. The van der Waals surface area contributed by atoms with E-state index >= 15 is 0 Å². The maximum Gasteiger partial charge on any atom is 0.269 e. The van der Waals surface area contributed by atoms with Crippen molar-refractivity contribution in [2.75, 3.05) is 6.61 Å². The molecule has 2 rings (SSSR count). The third kappa shape index (κ3) is 4.94. The first kappa shape index (κ1) is 18.2. The molecular weight excluding hydrogens is 351 g/mol. The predicted octanol–water partition coefficient (Wildman–Crippen LogP) is 5.69. The van der Waals surface area contributed by atoms with Gasteiger partial charge in [0.1, 0.15) is 0 Å². The van der Waals surface area contributed by atoms with Gasteiger partial charge in [-0.15, -0.1) is 0 Å². The summed E-state index contributed by atoms with van der Waals surface area (Å²) in [5, 5.41) is 11.4. The Balaban J connectivity index is 2.16. The van der Waals surface area contributed by atoms with Crippen LogP contribution in [0, 0.1) is 16.0 Å². The fourth-order valence-electron chi connectivity index (χ4n) is 1.85. The van der Waals surface area contributed by atoms with Crippen molar-refractivity contribution in [2.45, 2.75) is 13.8 Å². The summed E-state index contributed by atoms with van der Waals surface area (Å²) >= 11 is 12.4. The van der Waals surface area contributed by atoms with Crippen molar-refractivity contribution in [3.05, 3.63) is 62.1 Å². The summed E-state index contributed by atoms with van der Waals surface area (Å²) in [7, 11) is 0. The van der Waals surface area contributed by atoms with Crippen LogP contribution in [0.1, 0.15) is 19.4 Å². The van der Waals surface area contributed by atoms with Gasteiger partial charge in [-0.3, -0.25) is 15.1 Å². The van der Waals surface area contributed by atoms with Gasteiger partial charge in [0.2, 0.25) is 0 Å². The predicted molar refractivity (Wildman–Crippen MR) is 97.1 cm³/mol. The average molecular weight is 367 g/mol. The molecule has 0 saturated carbocycles. The molecule has 0 spiro atoms. The zero-order chi connectivity index (χ0) is 17.7. The van der Waals surface area contributed by atoms with Gasteiger partial charge in [-0.1, -0.05) is 37.0 Å². The lowest BCUT2D eigenvalue weighted by molar-refractivity contribution is -0.384. The molecular formula is C17H16Cl2N2O3. The van der Waals surface area contributed by atoms with E-state index in [0.717, 1.165) is 0 Å². The molecule has 5 nitrogen and oxygen atoms in total. The molecule has 24 heavy (non-hydrogen) atoms. The molecule has 0 bridgehead atoms. The van der Waals surface area contributed by atoms with Gasteiger partial charge in [-0.05, 0) is 35.7 Å². The third-order valence-corrected chi connectivity index (χ3v) is 3.57. The van der Waals surface area contributed by atoms with Crippen molar-refractivity contribution in [3.8, 4) is 5.75 Å². The van der Waals surface area contributed by atoms with E-state index in [-0.39, 0.29) is 5.69 Å². The van der Waals surface area contributed by atoms with Gasteiger partial charge < -0.3 is 4.74 Å². The number of nitro groups is 1. The Morgan fingerprint density at radius 2 is 1.79 bits per heavy atom. The van der Waals surface area contributed by atoms with Gasteiger partial charge in [0, 0.05) is 18.3 Å². The second-order valence-electron chi connectivity index (χ2n) is 5.55. The van der Waals surface area contributed by atoms with Gasteiger partial charge >= 0.3 is 0 Å². The molecule has 0 heterocycles. The van der Waals surface area contributed by atoms with Crippen molar-refractivity contribution in [1.82, 2.24) is 0 Å². The number of ether oxygens (including phenoxy) is 1. The number of nitrogens with zero attached hydrogens (tertiary/aromatic N) is 2. The quantitative estimate of drug-likeness (QED) is 0.374. The standard InChI is InChI=1S/C17H16Cl2N2O3/c1-11(2)10-24-17-15(18)7-12(8-16(17)19)9-20-13-3-5-14(6-4-13)21(22)23/h3-9,11H,10H2,1-2H3. The molecule has 0 aliphatic carbocycles. The Morgan fingerprint density at radius 3 is 2.29 bits per heavy atom. The van der Waals surface area contributed by atoms with E-state index in [2.05, 4.69) is 4.99 Å². The summed E-state index contributed by atoms with van der Waals surface area (Å²) < 4.78 is 5.61. The summed E-state index contributed by atoms with van der Waals surface area (Å²) in [5.41, 5.74) is 1.32. The number of hydrogen-bond acceptors (Lipinski definition) is 4. The molecule has 0 N–H and O–H groups in total. The van der Waals surface area contributed by atoms with E-state index in [1.54, 1.807) is 30.5 Å². The highest BCUT2D eigenvalue weighted by molar-refractivity contribution is 6.37. The highest BCUT2D eigenvalue weighted by Crippen LogP contribution is 2.34. The first-order chi connectivity index (χ1) is 11.4.